The molecular formula is C12H21N3O2. The molecule has 0 unspecified atom stereocenters. The van der Waals surface area contributed by atoms with Crippen LogP contribution in [0.2, 0.25) is 0 Å². The largest absolute Gasteiger partial charge is 0.481 e. The van der Waals surface area contributed by atoms with Crippen LogP contribution in [-0.2, 0) is 11.3 Å². The van der Waals surface area contributed by atoms with Crippen LogP contribution >= 0.6 is 0 Å². The van der Waals surface area contributed by atoms with Crippen LogP contribution < -0.4 is 5.32 Å². The molecule has 0 atom stereocenters. The van der Waals surface area contributed by atoms with Gasteiger partial charge in [0.2, 0.25) is 0 Å². The fraction of sp³-hybridized carbons (Fsp3) is 0.667. The number of carbonyl (C=O) groups is 1. The number of nitrogens with zero attached hydrogens (tertiary/aromatic N) is 2. The summed E-state index contributed by atoms with van der Waals surface area (Å²) in [6.45, 7) is 5.41. The van der Waals surface area contributed by atoms with Crippen molar-refractivity contribution in [1.29, 1.82) is 0 Å². The molecule has 5 nitrogen and oxygen atoms in total. The maximum atomic E-state index is 10.3. The van der Waals surface area contributed by atoms with Gasteiger partial charge in [-0.15, -0.1) is 0 Å². The lowest BCUT2D eigenvalue weighted by Crippen LogP contribution is -2.18. The molecule has 1 aromatic heterocycles. The van der Waals surface area contributed by atoms with Crippen LogP contribution in [-0.4, -0.2) is 27.4 Å². The van der Waals surface area contributed by atoms with Crippen LogP contribution in [0.1, 0.15) is 44.8 Å². The molecule has 0 aliphatic carbocycles. The van der Waals surface area contributed by atoms with E-state index in [1.807, 2.05) is 16.9 Å². The van der Waals surface area contributed by atoms with E-state index in [2.05, 4.69) is 24.3 Å². The Hall–Kier alpha value is -1.36. The summed E-state index contributed by atoms with van der Waals surface area (Å²) in [5, 5.41) is 16.0. The zero-order valence-corrected chi connectivity index (χ0v) is 10.5. The van der Waals surface area contributed by atoms with Gasteiger partial charge in [0.15, 0.2) is 0 Å². The third-order valence-corrected chi connectivity index (χ3v) is 2.80. The molecule has 0 fully saturated rings. The Kier molecular flexibility index (Phi) is 5.69. The number of carboxylic acid groups (broad SMARTS) is 1. The lowest BCUT2D eigenvalue weighted by Gasteiger charge is -2.12. The number of hydrogen-bond donors (Lipinski definition) is 2. The van der Waals surface area contributed by atoms with Gasteiger partial charge in [-0.1, -0.05) is 13.8 Å². The summed E-state index contributed by atoms with van der Waals surface area (Å²) in [6.07, 6.45) is 4.28. The van der Waals surface area contributed by atoms with Crippen molar-refractivity contribution < 1.29 is 9.90 Å². The standard InChI is InChI=1S/C12H21N3O2/c1-3-11(4-2)15-8-6-10(14-15)9-13-7-5-12(16)17/h6,8,11,13H,3-5,7,9H2,1-2H3,(H,16,17). The Bertz CT molecular complexity index is 345. The molecular weight excluding hydrogens is 218 g/mol. The van der Waals surface area contributed by atoms with Crippen molar-refractivity contribution in [2.75, 3.05) is 6.54 Å². The van der Waals surface area contributed by atoms with E-state index in [0.717, 1.165) is 18.5 Å². The molecule has 0 aliphatic rings. The smallest absolute Gasteiger partial charge is 0.304 e. The van der Waals surface area contributed by atoms with E-state index in [-0.39, 0.29) is 6.42 Å². The van der Waals surface area contributed by atoms with Crippen molar-refractivity contribution in [3.63, 3.8) is 0 Å². The van der Waals surface area contributed by atoms with Gasteiger partial charge < -0.3 is 10.4 Å². The van der Waals surface area contributed by atoms with Crippen LogP contribution in [0.25, 0.3) is 0 Å². The molecule has 0 saturated carbocycles. The number of aromatic nitrogens is 2. The molecule has 17 heavy (non-hydrogen) atoms. The third kappa shape index (κ3) is 4.56. The van der Waals surface area contributed by atoms with Crippen molar-refractivity contribution >= 4 is 5.97 Å². The summed E-state index contributed by atoms with van der Waals surface area (Å²) in [7, 11) is 0. The Labute approximate surface area is 102 Å². The quantitative estimate of drug-likeness (QED) is 0.679. The van der Waals surface area contributed by atoms with Crippen LogP contribution in [0, 0.1) is 0 Å². The fourth-order valence-electron chi connectivity index (χ4n) is 1.75. The number of hydrogen-bond acceptors (Lipinski definition) is 3. The van der Waals surface area contributed by atoms with E-state index in [4.69, 9.17) is 5.11 Å². The maximum Gasteiger partial charge on any atom is 0.304 e. The summed E-state index contributed by atoms with van der Waals surface area (Å²) in [6, 6.07) is 2.44. The van der Waals surface area contributed by atoms with Gasteiger partial charge in [0, 0.05) is 19.3 Å². The summed E-state index contributed by atoms with van der Waals surface area (Å²) >= 11 is 0. The molecule has 1 heterocycles. The Morgan fingerprint density at radius 2 is 2.24 bits per heavy atom. The van der Waals surface area contributed by atoms with E-state index in [1.165, 1.54) is 0 Å². The number of nitrogens with one attached hydrogen (secondary N) is 1. The van der Waals surface area contributed by atoms with Gasteiger partial charge in [-0.2, -0.15) is 5.10 Å². The summed E-state index contributed by atoms with van der Waals surface area (Å²) < 4.78 is 1.99. The molecule has 0 saturated heterocycles. The molecule has 0 amide bonds. The van der Waals surface area contributed by atoms with Crippen molar-refractivity contribution in [3.8, 4) is 0 Å². The Balaban J connectivity index is 2.37. The number of rotatable bonds is 8. The molecule has 0 radical (unpaired) electrons. The third-order valence-electron chi connectivity index (χ3n) is 2.80. The molecule has 1 aromatic rings. The molecule has 0 aromatic carbocycles. The van der Waals surface area contributed by atoms with Crippen LogP contribution in [0.4, 0.5) is 0 Å². The van der Waals surface area contributed by atoms with Crippen LogP contribution in [0.5, 0.6) is 0 Å². The van der Waals surface area contributed by atoms with Gasteiger partial charge in [-0.05, 0) is 18.9 Å². The first-order valence-corrected chi connectivity index (χ1v) is 6.13. The topological polar surface area (TPSA) is 67.2 Å². The average molecular weight is 239 g/mol. The van der Waals surface area contributed by atoms with Crippen LogP contribution in [0.15, 0.2) is 12.3 Å². The Morgan fingerprint density at radius 1 is 1.53 bits per heavy atom. The second kappa shape index (κ2) is 7.06. The van der Waals surface area contributed by atoms with Crippen molar-refractivity contribution in [2.45, 2.75) is 45.7 Å². The van der Waals surface area contributed by atoms with Crippen molar-refractivity contribution in [3.05, 3.63) is 18.0 Å². The van der Waals surface area contributed by atoms with Gasteiger partial charge in [-0.3, -0.25) is 9.48 Å². The first kappa shape index (κ1) is 13.7. The first-order chi connectivity index (χ1) is 8.17. The van der Waals surface area contributed by atoms with Gasteiger partial charge in [0.05, 0.1) is 18.2 Å². The highest BCUT2D eigenvalue weighted by molar-refractivity contribution is 5.66. The van der Waals surface area contributed by atoms with E-state index in [0.29, 0.717) is 19.1 Å². The maximum absolute atomic E-state index is 10.3. The first-order valence-electron chi connectivity index (χ1n) is 6.13. The predicted octanol–water partition coefficient (Wildman–Crippen LogP) is 1.81. The van der Waals surface area contributed by atoms with Gasteiger partial charge in [0.25, 0.3) is 0 Å². The lowest BCUT2D eigenvalue weighted by atomic mass is 10.2. The minimum Gasteiger partial charge on any atom is -0.481 e. The summed E-state index contributed by atoms with van der Waals surface area (Å²) in [5.41, 5.74) is 0.960. The Morgan fingerprint density at radius 3 is 2.82 bits per heavy atom. The number of aliphatic carboxylic acids is 1. The molecule has 0 aliphatic heterocycles. The minimum absolute atomic E-state index is 0.146. The molecule has 0 spiro atoms. The van der Waals surface area contributed by atoms with Gasteiger partial charge in [-0.25, -0.2) is 0 Å². The van der Waals surface area contributed by atoms with E-state index >= 15 is 0 Å². The SMILES string of the molecule is CCC(CC)n1ccc(CNCCC(=O)O)n1. The van der Waals surface area contributed by atoms with Crippen molar-refractivity contribution in [1.82, 2.24) is 15.1 Å². The second-order valence-electron chi connectivity index (χ2n) is 4.08. The zero-order valence-electron chi connectivity index (χ0n) is 10.5. The predicted molar refractivity (Wildman–Crippen MR) is 65.8 cm³/mol. The molecule has 1 rings (SSSR count). The highest BCUT2D eigenvalue weighted by atomic mass is 16.4. The van der Waals surface area contributed by atoms with Gasteiger partial charge >= 0.3 is 5.97 Å². The van der Waals surface area contributed by atoms with E-state index < -0.39 is 5.97 Å². The highest BCUT2D eigenvalue weighted by Crippen LogP contribution is 2.14. The summed E-state index contributed by atoms with van der Waals surface area (Å²) in [4.78, 5) is 10.3. The lowest BCUT2D eigenvalue weighted by molar-refractivity contribution is -0.136. The zero-order chi connectivity index (χ0) is 12.7. The highest BCUT2D eigenvalue weighted by Gasteiger charge is 2.07. The van der Waals surface area contributed by atoms with Crippen LogP contribution in [0.3, 0.4) is 0 Å². The number of carboxylic acids is 1. The average Bonchev–Trinajstić information content (AvgIpc) is 2.75. The molecule has 5 heteroatoms. The van der Waals surface area contributed by atoms with Crippen molar-refractivity contribution in [2.24, 2.45) is 0 Å². The fourth-order valence-corrected chi connectivity index (χ4v) is 1.75. The molecule has 96 valence electrons. The van der Waals surface area contributed by atoms with Gasteiger partial charge in [0.1, 0.15) is 0 Å². The second-order valence-corrected chi connectivity index (χ2v) is 4.08. The monoisotopic (exact) mass is 239 g/mol. The van der Waals surface area contributed by atoms with E-state index in [1.54, 1.807) is 0 Å². The molecule has 2 N–H and O–H groups in total. The van der Waals surface area contributed by atoms with E-state index in [9.17, 15) is 4.79 Å². The normalized spacial score (nSPS) is 11.0. The minimum atomic E-state index is -0.778. The molecule has 0 bridgehead atoms. The summed E-state index contributed by atoms with van der Waals surface area (Å²) in [5.74, 6) is -0.778.